The molecule has 0 radical (unpaired) electrons. The van der Waals surface area contributed by atoms with E-state index in [-0.39, 0.29) is 5.91 Å². The number of carbonyl (C=O) groups is 1. The maximum Gasteiger partial charge on any atom is 0.220 e. The summed E-state index contributed by atoms with van der Waals surface area (Å²) in [5.41, 5.74) is 6.00. The molecule has 106 valence electrons. The van der Waals surface area contributed by atoms with E-state index < -0.39 is 11.6 Å². The van der Waals surface area contributed by atoms with Crippen LogP contribution >= 0.6 is 0 Å². The van der Waals surface area contributed by atoms with Gasteiger partial charge in [0.05, 0.1) is 0 Å². The average molecular weight is 270 g/mol. The zero-order chi connectivity index (χ0) is 14.3. The highest BCUT2D eigenvalue weighted by Crippen LogP contribution is 2.08. The number of hydrogen-bond acceptors (Lipinski definition) is 2. The third kappa shape index (κ3) is 6.29. The minimum absolute atomic E-state index is 0.0582. The Morgan fingerprint density at radius 2 is 1.95 bits per heavy atom. The average Bonchev–Trinajstić information content (AvgIpc) is 2.34. The lowest BCUT2D eigenvalue weighted by molar-refractivity contribution is -0.121. The Hall–Kier alpha value is -1.49. The van der Waals surface area contributed by atoms with E-state index in [9.17, 15) is 13.6 Å². The SMILES string of the molecule is CC(CN)CCC(=O)NCCc1cc(F)cc(F)c1. The van der Waals surface area contributed by atoms with Gasteiger partial charge in [0.15, 0.2) is 0 Å². The normalized spacial score (nSPS) is 12.2. The van der Waals surface area contributed by atoms with E-state index >= 15 is 0 Å². The highest BCUT2D eigenvalue weighted by Gasteiger charge is 2.05. The largest absolute Gasteiger partial charge is 0.356 e. The minimum atomic E-state index is -0.599. The molecule has 0 aliphatic heterocycles. The third-order valence-electron chi connectivity index (χ3n) is 2.92. The van der Waals surface area contributed by atoms with Gasteiger partial charge >= 0.3 is 0 Å². The number of benzene rings is 1. The van der Waals surface area contributed by atoms with Crippen LogP contribution in [0.4, 0.5) is 8.78 Å². The first kappa shape index (κ1) is 15.6. The molecule has 1 aromatic carbocycles. The lowest BCUT2D eigenvalue weighted by Gasteiger charge is -2.09. The second-order valence-corrected chi connectivity index (χ2v) is 4.76. The van der Waals surface area contributed by atoms with Crippen molar-refractivity contribution < 1.29 is 13.6 Å². The summed E-state index contributed by atoms with van der Waals surface area (Å²) in [6.45, 7) is 2.93. The van der Waals surface area contributed by atoms with Crippen LogP contribution in [-0.4, -0.2) is 19.0 Å². The molecule has 1 atom stereocenters. The number of nitrogens with two attached hydrogens (primary N) is 1. The van der Waals surface area contributed by atoms with Gasteiger partial charge < -0.3 is 11.1 Å². The Kier molecular flexibility index (Phi) is 6.42. The fourth-order valence-electron chi connectivity index (χ4n) is 1.69. The molecule has 0 spiro atoms. The first-order chi connectivity index (χ1) is 9.01. The van der Waals surface area contributed by atoms with E-state index in [4.69, 9.17) is 5.73 Å². The van der Waals surface area contributed by atoms with Gasteiger partial charge in [-0.1, -0.05) is 6.92 Å². The molecule has 0 aliphatic rings. The van der Waals surface area contributed by atoms with E-state index in [0.29, 0.717) is 37.4 Å². The van der Waals surface area contributed by atoms with E-state index in [1.807, 2.05) is 6.92 Å². The van der Waals surface area contributed by atoms with Gasteiger partial charge in [-0.15, -0.1) is 0 Å². The molecule has 0 bridgehead atoms. The number of amides is 1. The van der Waals surface area contributed by atoms with Crippen LogP contribution in [0.25, 0.3) is 0 Å². The van der Waals surface area contributed by atoms with Crippen LogP contribution in [0, 0.1) is 17.6 Å². The number of hydrogen-bond donors (Lipinski definition) is 2. The molecule has 1 rings (SSSR count). The minimum Gasteiger partial charge on any atom is -0.356 e. The summed E-state index contributed by atoms with van der Waals surface area (Å²) >= 11 is 0. The number of nitrogens with one attached hydrogen (secondary N) is 1. The molecule has 0 saturated carbocycles. The molecule has 0 aromatic heterocycles. The molecule has 1 aromatic rings. The van der Waals surface area contributed by atoms with Crippen molar-refractivity contribution in [2.75, 3.05) is 13.1 Å². The van der Waals surface area contributed by atoms with Crippen molar-refractivity contribution >= 4 is 5.91 Å². The smallest absolute Gasteiger partial charge is 0.220 e. The van der Waals surface area contributed by atoms with E-state index in [0.717, 1.165) is 12.5 Å². The fraction of sp³-hybridized carbons (Fsp3) is 0.500. The van der Waals surface area contributed by atoms with Gasteiger partial charge in [0.25, 0.3) is 0 Å². The van der Waals surface area contributed by atoms with E-state index in [1.54, 1.807) is 0 Å². The molecule has 1 amide bonds. The summed E-state index contributed by atoms with van der Waals surface area (Å²) < 4.78 is 25.8. The second-order valence-electron chi connectivity index (χ2n) is 4.76. The number of halogens is 2. The van der Waals surface area contributed by atoms with E-state index in [2.05, 4.69) is 5.32 Å². The van der Waals surface area contributed by atoms with Crippen LogP contribution in [0.2, 0.25) is 0 Å². The summed E-state index contributed by atoms with van der Waals surface area (Å²) in [5.74, 6) is -0.934. The second kappa shape index (κ2) is 7.84. The van der Waals surface area contributed by atoms with Crippen molar-refractivity contribution in [2.45, 2.75) is 26.2 Å². The monoisotopic (exact) mass is 270 g/mol. The zero-order valence-electron chi connectivity index (χ0n) is 11.1. The van der Waals surface area contributed by atoms with Gasteiger partial charge in [0, 0.05) is 19.0 Å². The summed E-state index contributed by atoms with van der Waals surface area (Å²) in [4.78, 5) is 11.5. The molecular formula is C14H20F2N2O. The molecule has 0 saturated heterocycles. The molecule has 1 unspecified atom stereocenters. The Morgan fingerprint density at radius 1 is 1.32 bits per heavy atom. The lowest BCUT2D eigenvalue weighted by Crippen LogP contribution is -2.26. The fourth-order valence-corrected chi connectivity index (χ4v) is 1.69. The zero-order valence-corrected chi connectivity index (χ0v) is 11.1. The topological polar surface area (TPSA) is 55.1 Å². The van der Waals surface area contributed by atoms with Crippen molar-refractivity contribution in [1.29, 1.82) is 0 Å². The van der Waals surface area contributed by atoms with Crippen LogP contribution < -0.4 is 11.1 Å². The highest BCUT2D eigenvalue weighted by molar-refractivity contribution is 5.75. The molecule has 0 heterocycles. The maximum absolute atomic E-state index is 12.9. The Balaban J connectivity index is 2.28. The summed E-state index contributed by atoms with van der Waals surface area (Å²) in [7, 11) is 0. The maximum atomic E-state index is 12.9. The van der Waals surface area contributed by atoms with Gasteiger partial charge in [-0.25, -0.2) is 8.78 Å². The Labute approximate surface area is 112 Å². The quantitative estimate of drug-likeness (QED) is 0.796. The van der Waals surface area contributed by atoms with Crippen molar-refractivity contribution in [1.82, 2.24) is 5.32 Å². The van der Waals surface area contributed by atoms with Crippen LogP contribution in [0.1, 0.15) is 25.3 Å². The van der Waals surface area contributed by atoms with Gasteiger partial charge in [-0.05, 0) is 43.0 Å². The van der Waals surface area contributed by atoms with Crippen LogP contribution in [0.3, 0.4) is 0 Å². The van der Waals surface area contributed by atoms with Crippen molar-refractivity contribution in [3.05, 3.63) is 35.4 Å². The predicted molar refractivity (Wildman–Crippen MR) is 70.5 cm³/mol. The molecule has 3 N–H and O–H groups in total. The first-order valence-corrected chi connectivity index (χ1v) is 6.43. The summed E-state index contributed by atoms with van der Waals surface area (Å²) in [6.07, 6.45) is 1.58. The summed E-state index contributed by atoms with van der Waals surface area (Å²) in [6, 6.07) is 3.37. The summed E-state index contributed by atoms with van der Waals surface area (Å²) in [5, 5.41) is 2.72. The van der Waals surface area contributed by atoms with Gasteiger partial charge in [-0.2, -0.15) is 0 Å². The van der Waals surface area contributed by atoms with Crippen molar-refractivity contribution in [3.63, 3.8) is 0 Å². The number of carbonyl (C=O) groups excluding carboxylic acids is 1. The van der Waals surface area contributed by atoms with Crippen LogP contribution in [-0.2, 0) is 11.2 Å². The first-order valence-electron chi connectivity index (χ1n) is 6.43. The van der Waals surface area contributed by atoms with Gasteiger partial charge in [0.2, 0.25) is 5.91 Å². The van der Waals surface area contributed by atoms with E-state index in [1.165, 1.54) is 12.1 Å². The van der Waals surface area contributed by atoms with Gasteiger partial charge in [0.1, 0.15) is 11.6 Å². The van der Waals surface area contributed by atoms with Crippen LogP contribution in [0.5, 0.6) is 0 Å². The Morgan fingerprint density at radius 3 is 2.53 bits per heavy atom. The van der Waals surface area contributed by atoms with Gasteiger partial charge in [-0.3, -0.25) is 4.79 Å². The molecule has 5 heteroatoms. The van der Waals surface area contributed by atoms with Crippen molar-refractivity contribution in [3.8, 4) is 0 Å². The van der Waals surface area contributed by atoms with Crippen molar-refractivity contribution in [2.24, 2.45) is 11.7 Å². The molecule has 19 heavy (non-hydrogen) atoms. The van der Waals surface area contributed by atoms with Crippen LogP contribution in [0.15, 0.2) is 18.2 Å². The molecule has 3 nitrogen and oxygen atoms in total. The molecule has 0 fully saturated rings. The molecule has 0 aliphatic carbocycles. The Bertz CT molecular complexity index is 404. The predicted octanol–water partition coefficient (Wildman–Crippen LogP) is 2.00. The lowest BCUT2D eigenvalue weighted by atomic mass is 10.1. The number of rotatable bonds is 7. The highest BCUT2D eigenvalue weighted by atomic mass is 19.1. The third-order valence-corrected chi connectivity index (χ3v) is 2.92. The standard InChI is InChI=1S/C14H20F2N2O/c1-10(9-17)2-3-14(19)18-5-4-11-6-12(15)8-13(16)7-11/h6-8,10H,2-5,9,17H2,1H3,(H,18,19). The molecular weight excluding hydrogens is 250 g/mol.